The lowest BCUT2D eigenvalue weighted by Gasteiger charge is -2.29. The summed E-state index contributed by atoms with van der Waals surface area (Å²) in [6.07, 6.45) is 0.0362. The van der Waals surface area contributed by atoms with Crippen LogP contribution in [-0.4, -0.2) is 97.2 Å². The second kappa shape index (κ2) is 15.1. The van der Waals surface area contributed by atoms with Gasteiger partial charge in [0.25, 0.3) is 5.91 Å². The van der Waals surface area contributed by atoms with Crippen molar-refractivity contribution in [1.82, 2.24) is 15.1 Å². The molecule has 15 nitrogen and oxygen atoms in total. The number of nitrogens with one attached hydrogen (secondary N) is 2. The molecular formula is C27H37N7O8. The molecule has 1 aromatic rings. The third-order valence-corrected chi connectivity index (χ3v) is 6.34. The van der Waals surface area contributed by atoms with Crippen LogP contribution >= 0.6 is 0 Å². The summed E-state index contributed by atoms with van der Waals surface area (Å²) in [6.45, 7) is 6.95. The summed E-state index contributed by atoms with van der Waals surface area (Å²) in [6, 6.07) is 4.26. The predicted octanol–water partition coefficient (Wildman–Crippen LogP) is 2.36. The smallest absolute Gasteiger partial charge is 0.410 e. The number of amides is 5. The Labute approximate surface area is 243 Å². The van der Waals surface area contributed by atoms with Crippen molar-refractivity contribution in [2.24, 2.45) is 5.11 Å². The number of nitrogens with zero attached hydrogens (tertiary/aromatic N) is 5. The number of hydrogen-bond donors (Lipinski definition) is 2. The molecule has 0 bridgehead atoms. The quantitative estimate of drug-likeness (QED) is 0.109. The van der Waals surface area contributed by atoms with Gasteiger partial charge in [0.1, 0.15) is 11.6 Å². The summed E-state index contributed by atoms with van der Waals surface area (Å²) in [4.78, 5) is 66.7. The molecule has 2 heterocycles. The van der Waals surface area contributed by atoms with Gasteiger partial charge < -0.3 is 29.3 Å². The van der Waals surface area contributed by atoms with Gasteiger partial charge in [0.05, 0.1) is 32.8 Å². The van der Waals surface area contributed by atoms with Crippen molar-refractivity contribution >= 4 is 35.4 Å². The Hall–Kier alpha value is -4.20. The fourth-order valence-corrected chi connectivity index (χ4v) is 4.37. The van der Waals surface area contributed by atoms with Crippen molar-refractivity contribution in [3.8, 4) is 0 Å². The van der Waals surface area contributed by atoms with E-state index in [0.717, 1.165) is 0 Å². The van der Waals surface area contributed by atoms with Crippen LogP contribution in [0.4, 0.5) is 10.5 Å². The van der Waals surface area contributed by atoms with E-state index in [-0.39, 0.29) is 89.6 Å². The van der Waals surface area contributed by atoms with Crippen molar-refractivity contribution in [3.63, 3.8) is 0 Å². The first-order valence-electron chi connectivity index (χ1n) is 13.7. The predicted molar refractivity (Wildman–Crippen MR) is 149 cm³/mol. The van der Waals surface area contributed by atoms with Gasteiger partial charge in [-0.3, -0.25) is 24.5 Å². The van der Waals surface area contributed by atoms with E-state index in [1.54, 1.807) is 39.0 Å². The molecule has 0 saturated carbocycles. The topological polar surface area (TPSA) is 192 Å². The molecule has 1 fully saturated rings. The van der Waals surface area contributed by atoms with Gasteiger partial charge in [-0.25, -0.2) is 4.79 Å². The average molecular weight is 588 g/mol. The number of imide groups is 1. The normalized spacial score (nSPS) is 16.4. The van der Waals surface area contributed by atoms with Gasteiger partial charge in [-0.1, -0.05) is 5.11 Å². The minimum Gasteiger partial charge on any atom is -0.444 e. The van der Waals surface area contributed by atoms with Crippen molar-refractivity contribution in [2.45, 2.75) is 58.2 Å². The Morgan fingerprint density at radius 3 is 2.57 bits per heavy atom. The zero-order valence-corrected chi connectivity index (χ0v) is 24.1. The van der Waals surface area contributed by atoms with E-state index in [9.17, 15) is 24.0 Å². The van der Waals surface area contributed by atoms with E-state index in [2.05, 4.69) is 20.7 Å². The lowest BCUT2D eigenvalue weighted by Crippen LogP contribution is -2.52. The number of carbonyl (C=O) groups is 5. The summed E-state index contributed by atoms with van der Waals surface area (Å²) in [7, 11) is 0. The molecule has 1 saturated heterocycles. The third-order valence-electron chi connectivity index (χ3n) is 6.34. The number of hydrogen-bond acceptors (Lipinski definition) is 9. The van der Waals surface area contributed by atoms with E-state index in [1.165, 1.54) is 9.80 Å². The zero-order valence-electron chi connectivity index (χ0n) is 24.1. The first kappa shape index (κ1) is 32.3. The molecule has 2 aliphatic heterocycles. The number of piperidine rings is 1. The molecular weight excluding hydrogens is 550 g/mol. The van der Waals surface area contributed by atoms with Crippen LogP contribution < -0.4 is 10.6 Å². The number of ether oxygens (including phenoxy) is 3. The molecule has 5 amide bonds. The number of carbonyl (C=O) groups excluding carboxylic acids is 5. The first-order chi connectivity index (χ1) is 20.0. The summed E-state index contributed by atoms with van der Waals surface area (Å²) in [5.41, 5.74) is 9.48. The number of benzene rings is 1. The third kappa shape index (κ3) is 9.72. The highest BCUT2D eigenvalue weighted by atomic mass is 16.6. The fourth-order valence-electron chi connectivity index (χ4n) is 4.37. The molecule has 2 N–H and O–H groups in total. The highest BCUT2D eigenvalue weighted by molar-refractivity contribution is 6.05. The van der Waals surface area contributed by atoms with Gasteiger partial charge >= 0.3 is 6.09 Å². The molecule has 0 aliphatic carbocycles. The minimum atomic E-state index is -0.699. The van der Waals surface area contributed by atoms with Crippen LogP contribution in [0.3, 0.4) is 0 Å². The van der Waals surface area contributed by atoms with E-state index in [1.807, 2.05) is 0 Å². The van der Waals surface area contributed by atoms with Crippen molar-refractivity contribution in [3.05, 3.63) is 39.8 Å². The Morgan fingerprint density at radius 2 is 1.88 bits per heavy atom. The van der Waals surface area contributed by atoms with Crippen LogP contribution in [0.15, 0.2) is 23.3 Å². The van der Waals surface area contributed by atoms with Gasteiger partial charge in [-0.2, -0.15) is 0 Å². The van der Waals surface area contributed by atoms with E-state index < -0.39 is 23.6 Å². The Kier molecular flexibility index (Phi) is 11.7. The first-order valence-corrected chi connectivity index (χ1v) is 13.7. The molecule has 3 rings (SSSR count). The maximum atomic E-state index is 12.8. The van der Waals surface area contributed by atoms with Gasteiger partial charge in [0.15, 0.2) is 0 Å². The van der Waals surface area contributed by atoms with Gasteiger partial charge in [-0.05, 0) is 56.5 Å². The molecule has 1 atom stereocenters. The Morgan fingerprint density at radius 1 is 1.14 bits per heavy atom. The molecule has 0 aromatic heterocycles. The van der Waals surface area contributed by atoms with Crippen molar-refractivity contribution < 1.29 is 38.2 Å². The fraction of sp³-hybridized carbons (Fsp3) is 0.593. The molecule has 1 aromatic carbocycles. The lowest BCUT2D eigenvalue weighted by atomic mass is 10.0. The van der Waals surface area contributed by atoms with Crippen molar-refractivity contribution in [1.29, 1.82) is 0 Å². The summed E-state index contributed by atoms with van der Waals surface area (Å²) >= 11 is 0. The monoisotopic (exact) mass is 587 g/mol. The average Bonchev–Trinajstić information content (AvgIpc) is 3.23. The van der Waals surface area contributed by atoms with Crippen LogP contribution in [0.25, 0.3) is 10.4 Å². The molecule has 2 aliphatic rings. The van der Waals surface area contributed by atoms with Gasteiger partial charge in [0.2, 0.25) is 17.7 Å². The van der Waals surface area contributed by atoms with Crippen LogP contribution in [-0.2, 0) is 35.1 Å². The van der Waals surface area contributed by atoms with Crippen LogP contribution in [0.2, 0.25) is 0 Å². The van der Waals surface area contributed by atoms with Crippen LogP contribution in [0.1, 0.15) is 56.0 Å². The highest BCUT2D eigenvalue weighted by Crippen LogP contribution is 2.29. The largest absolute Gasteiger partial charge is 0.444 e. The van der Waals surface area contributed by atoms with Crippen molar-refractivity contribution in [2.75, 3.05) is 51.4 Å². The lowest BCUT2D eigenvalue weighted by molar-refractivity contribution is -0.137. The maximum Gasteiger partial charge on any atom is 0.410 e. The van der Waals surface area contributed by atoms with Crippen LogP contribution in [0, 0.1) is 0 Å². The van der Waals surface area contributed by atoms with Crippen LogP contribution in [0.5, 0.6) is 0 Å². The standard InChI is InChI=1S/C27H37N7O8/c1-27(2,3)42-26(39)33(10-9-29-32-28)11-13-41-15-14-40-12-8-23(36)30-19-4-5-20-18(16-19)17-34(25(20)38)21-6-7-22(35)31-24(21)37/h4-5,16,21H,6-15,17H2,1-3H3,(H,30,36)(H,31,35,37). The SMILES string of the molecule is CC(C)(C)OC(=O)N(CCN=[N+]=[N-])CCOCCOCCC(=O)Nc1ccc2c(c1)CN(C1CCC(=O)NC1=O)C2=O. The zero-order chi connectivity index (χ0) is 30.7. The molecule has 228 valence electrons. The summed E-state index contributed by atoms with van der Waals surface area (Å²) in [5.74, 6) is -1.37. The van der Waals surface area contributed by atoms with E-state index >= 15 is 0 Å². The highest BCUT2D eigenvalue weighted by Gasteiger charge is 2.39. The minimum absolute atomic E-state index is 0.101. The van der Waals surface area contributed by atoms with Gasteiger partial charge in [0, 0.05) is 48.8 Å². The second-order valence-corrected chi connectivity index (χ2v) is 10.7. The van der Waals surface area contributed by atoms with Gasteiger partial charge in [-0.15, -0.1) is 0 Å². The maximum absolute atomic E-state index is 12.8. The molecule has 0 radical (unpaired) electrons. The number of azide groups is 1. The summed E-state index contributed by atoms with van der Waals surface area (Å²) in [5, 5.41) is 8.51. The summed E-state index contributed by atoms with van der Waals surface area (Å²) < 4.78 is 16.3. The number of rotatable bonds is 14. The molecule has 15 heteroatoms. The number of fused-ring (bicyclic) bond motifs is 1. The molecule has 42 heavy (non-hydrogen) atoms. The number of anilines is 1. The van der Waals surface area contributed by atoms with E-state index in [0.29, 0.717) is 16.8 Å². The second-order valence-electron chi connectivity index (χ2n) is 10.7. The van der Waals surface area contributed by atoms with E-state index in [4.69, 9.17) is 19.7 Å². The molecule has 1 unspecified atom stereocenters. The molecule has 0 spiro atoms. The Balaban J connectivity index is 1.33. The Bertz CT molecular complexity index is 1230.